The number of rotatable bonds is 6. The summed E-state index contributed by atoms with van der Waals surface area (Å²) in [5.74, 6) is -3.00. The molecule has 1 aliphatic carbocycles. The van der Waals surface area contributed by atoms with Crippen LogP contribution in [0.4, 0.5) is 11.4 Å². The van der Waals surface area contributed by atoms with Crippen molar-refractivity contribution in [2.75, 3.05) is 11.5 Å². The van der Waals surface area contributed by atoms with Crippen LogP contribution in [0.15, 0.2) is 60.7 Å². The average Bonchev–Trinajstić information content (AvgIpc) is 3.07. The van der Waals surface area contributed by atoms with Gasteiger partial charge in [-0.15, -0.1) is 0 Å². The van der Waals surface area contributed by atoms with Crippen LogP contribution in [0.25, 0.3) is 0 Å². The van der Waals surface area contributed by atoms with Gasteiger partial charge in [0.2, 0.25) is 11.8 Å². The lowest BCUT2D eigenvalue weighted by Gasteiger charge is -2.18. The highest BCUT2D eigenvalue weighted by molar-refractivity contribution is 6.24. The fourth-order valence-electron chi connectivity index (χ4n) is 3.94. The second kappa shape index (κ2) is 8.54. The van der Waals surface area contributed by atoms with Gasteiger partial charge < -0.3 is 4.74 Å². The largest absolute Gasteiger partial charge is 0.454 e. The van der Waals surface area contributed by atoms with E-state index in [9.17, 15) is 29.3 Å². The summed E-state index contributed by atoms with van der Waals surface area (Å²) < 4.78 is 5.13. The van der Waals surface area contributed by atoms with Gasteiger partial charge in [-0.05, 0) is 37.1 Å². The Balaban J connectivity index is 1.50. The minimum absolute atomic E-state index is 0.00249. The van der Waals surface area contributed by atoms with Crippen molar-refractivity contribution >= 4 is 34.9 Å². The van der Waals surface area contributed by atoms with Crippen LogP contribution >= 0.6 is 0 Å². The Morgan fingerprint density at radius 3 is 2.16 bits per heavy atom. The zero-order valence-corrected chi connectivity index (χ0v) is 16.8. The lowest BCUT2D eigenvalue weighted by atomic mass is 9.85. The van der Waals surface area contributed by atoms with Gasteiger partial charge in [-0.2, -0.15) is 0 Å². The standard InChI is InChI=1S/C23H18N2O7/c26-20(14-9-11-15(12-10-14)25(30)31)13-32-23(29)18-7-3-4-8-19(18)24-21(27)16-5-1-2-6-17(16)22(24)28/h1-4,7-12,16-17H,5-6,13H2/t16-,17-/m1/s1. The first-order valence-corrected chi connectivity index (χ1v) is 9.95. The number of carbonyl (C=O) groups is 4. The Labute approximate surface area is 182 Å². The van der Waals surface area contributed by atoms with Gasteiger partial charge in [0.1, 0.15) is 0 Å². The number of para-hydroxylation sites is 1. The van der Waals surface area contributed by atoms with E-state index in [1.807, 2.05) is 12.2 Å². The third-order valence-electron chi connectivity index (χ3n) is 5.61. The van der Waals surface area contributed by atoms with Gasteiger partial charge in [0.15, 0.2) is 12.4 Å². The van der Waals surface area contributed by atoms with E-state index in [0.29, 0.717) is 12.8 Å². The molecule has 1 fully saturated rings. The monoisotopic (exact) mass is 434 g/mol. The normalized spacial score (nSPS) is 19.6. The van der Waals surface area contributed by atoms with Crippen molar-refractivity contribution in [3.05, 3.63) is 81.9 Å². The quantitative estimate of drug-likeness (QED) is 0.171. The van der Waals surface area contributed by atoms with Gasteiger partial charge >= 0.3 is 5.97 Å². The van der Waals surface area contributed by atoms with E-state index in [0.717, 1.165) is 4.90 Å². The average molecular weight is 434 g/mol. The van der Waals surface area contributed by atoms with E-state index >= 15 is 0 Å². The van der Waals surface area contributed by atoms with E-state index in [1.165, 1.54) is 36.4 Å². The molecule has 1 aliphatic heterocycles. The van der Waals surface area contributed by atoms with Gasteiger partial charge in [-0.25, -0.2) is 9.69 Å². The maximum Gasteiger partial charge on any atom is 0.340 e. The van der Waals surface area contributed by atoms with E-state index in [-0.39, 0.29) is 34.3 Å². The third kappa shape index (κ3) is 3.80. The summed E-state index contributed by atoms with van der Waals surface area (Å²) in [5, 5.41) is 10.7. The molecular weight excluding hydrogens is 416 g/mol. The van der Waals surface area contributed by atoms with E-state index in [4.69, 9.17) is 4.74 Å². The molecule has 0 radical (unpaired) electrons. The lowest BCUT2D eigenvalue weighted by Crippen LogP contribution is -2.32. The molecule has 4 rings (SSSR count). The molecule has 2 aromatic rings. The first-order chi connectivity index (χ1) is 15.4. The number of esters is 1. The zero-order chi connectivity index (χ0) is 22.8. The molecule has 9 nitrogen and oxygen atoms in total. The summed E-state index contributed by atoms with van der Waals surface area (Å²) in [6.07, 6.45) is 4.70. The second-order valence-electron chi connectivity index (χ2n) is 7.49. The number of ether oxygens (including phenoxy) is 1. The highest BCUT2D eigenvalue weighted by atomic mass is 16.6. The number of non-ortho nitro benzene ring substituents is 1. The topological polar surface area (TPSA) is 124 Å². The molecule has 9 heteroatoms. The number of hydrogen-bond acceptors (Lipinski definition) is 7. The Bertz CT molecular complexity index is 1130. The van der Waals surface area contributed by atoms with E-state index in [2.05, 4.69) is 0 Å². The molecule has 0 saturated carbocycles. The highest BCUT2D eigenvalue weighted by Gasteiger charge is 2.48. The fraction of sp³-hybridized carbons (Fsp3) is 0.217. The number of hydrogen-bond donors (Lipinski definition) is 0. The molecule has 0 spiro atoms. The van der Waals surface area contributed by atoms with E-state index < -0.39 is 35.1 Å². The molecule has 1 heterocycles. The lowest BCUT2D eigenvalue weighted by molar-refractivity contribution is -0.384. The first kappa shape index (κ1) is 21.1. The number of amides is 2. The summed E-state index contributed by atoms with van der Waals surface area (Å²) in [4.78, 5) is 61.9. The summed E-state index contributed by atoms with van der Waals surface area (Å²) in [6.45, 7) is -0.595. The summed E-state index contributed by atoms with van der Waals surface area (Å²) >= 11 is 0. The number of ketones is 1. The SMILES string of the molecule is O=C(COC(=O)c1ccccc1N1C(=O)[C@@H]2CC=CC[C@H]2C1=O)c1ccc([N+](=O)[O-])cc1. The molecule has 1 saturated heterocycles. The summed E-state index contributed by atoms with van der Waals surface area (Å²) in [5.41, 5.74) is 0.114. The predicted molar refractivity (Wildman–Crippen MR) is 112 cm³/mol. The Kier molecular flexibility index (Phi) is 5.63. The van der Waals surface area contributed by atoms with Crippen LogP contribution in [-0.4, -0.2) is 35.1 Å². The van der Waals surface area contributed by atoms with Crippen LogP contribution in [0.1, 0.15) is 33.6 Å². The van der Waals surface area contributed by atoms with Gasteiger partial charge in [-0.1, -0.05) is 24.3 Å². The van der Waals surface area contributed by atoms with Crippen molar-refractivity contribution in [3.8, 4) is 0 Å². The van der Waals surface area contributed by atoms with Crippen molar-refractivity contribution in [3.63, 3.8) is 0 Å². The van der Waals surface area contributed by atoms with Crippen LogP contribution in [0.5, 0.6) is 0 Å². The van der Waals surface area contributed by atoms with Gasteiger partial charge in [0.05, 0.1) is 28.0 Å². The minimum Gasteiger partial charge on any atom is -0.454 e. The zero-order valence-electron chi connectivity index (χ0n) is 16.8. The molecule has 0 N–H and O–H groups in total. The summed E-state index contributed by atoms with van der Waals surface area (Å²) in [6, 6.07) is 11.0. The number of allylic oxidation sites excluding steroid dienone is 2. The van der Waals surface area contributed by atoms with Crippen LogP contribution in [-0.2, 0) is 14.3 Å². The van der Waals surface area contributed by atoms with Crippen LogP contribution in [0.3, 0.4) is 0 Å². The van der Waals surface area contributed by atoms with Gasteiger partial charge in [0.25, 0.3) is 5.69 Å². The predicted octanol–water partition coefficient (Wildman–Crippen LogP) is 3.09. The number of carbonyl (C=O) groups excluding carboxylic acids is 4. The Hall–Kier alpha value is -4.14. The molecule has 2 amide bonds. The molecular formula is C23H18N2O7. The van der Waals surface area contributed by atoms with Crippen molar-refractivity contribution < 1.29 is 28.8 Å². The fourth-order valence-corrected chi connectivity index (χ4v) is 3.94. The number of benzene rings is 2. The Morgan fingerprint density at radius 1 is 0.969 bits per heavy atom. The number of anilines is 1. The van der Waals surface area contributed by atoms with Crippen molar-refractivity contribution in [2.45, 2.75) is 12.8 Å². The number of nitrogens with zero attached hydrogens (tertiary/aromatic N) is 2. The molecule has 2 aromatic carbocycles. The number of nitro benzene ring substituents is 1. The molecule has 162 valence electrons. The van der Waals surface area contributed by atoms with Crippen molar-refractivity contribution in [2.24, 2.45) is 11.8 Å². The van der Waals surface area contributed by atoms with Crippen LogP contribution in [0.2, 0.25) is 0 Å². The van der Waals surface area contributed by atoms with Crippen molar-refractivity contribution in [1.29, 1.82) is 0 Å². The number of imide groups is 1. The Morgan fingerprint density at radius 2 is 1.56 bits per heavy atom. The molecule has 0 unspecified atom stereocenters. The molecule has 2 aliphatic rings. The van der Waals surface area contributed by atoms with Gasteiger partial charge in [0, 0.05) is 17.7 Å². The third-order valence-corrected chi connectivity index (χ3v) is 5.61. The van der Waals surface area contributed by atoms with Crippen LogP contribution in [0, 0.1) is 22.0 Å². The molecule has 32 heavy (non-hydrogen) atoms. The highest BCUT2D eigenvalue weighted by Crippen LogP contribution is 2.38. The van der Waals surface area contributed by atoms with Crippen molar-refractivity contribution in [1.82, 2.24) is 0 Å². The van der Waals surface area contributed by atoms with Crippen LogP contribution < -0.4 is 4.90 Å². The molecule has 2 atom stereocenters. The number of fused-ring (bicyclic) bond motifs is 1. The van der Waals surface area contributed by atoms with Gasteiger partial charge in [-0.3, -0.25) is 24.5 Å². The maximum absolute atomic E-state index is 12.9. The first-order valence-electron chi connectivity index (χ1n) is 9.95. The minimum atomic E-state index is -0.857. The van der Waals surface area contributed by atoms with E-state index in [1.54, 1.807) is 12.1 Å². The molecule has 0 aromatic heterocycles. The smallest absolute Gasteiger partial charge is 0.340 e. The second-order valence-corrected chi connectivity index (χ2v) is 7.49. The number of nitro groups is 1. The molecule has 0 bridgehead atoms. The summed E-state index contributed by atoms with van der Waals surface area (Å²) in [7, 11) is 0. The number of Topliss-reactive ketones (excluding diaryl/α,β-unsaturated/α-hetero) is 1. The maximum atomic E-state index is 12.9.